The first-order valence-electron chi connectivity index (χ1n) is 8.47. The predicted octanol–water partition coefficient (Wildman–Crippen LogP) is 2.11. The lowest BCUT2D eigenvalue weighted by Gasteiger charge is -2.34. The number of hydrogen-bond donors (Lipinski definition) is 1. The van der Waals surface area contributed by atoms with E-state index in [0.29, 0.717) is 5.75 Å². The Morgan fingerprint density at radius 2 is 2.32 bits per heavy atom. The summed E-state index contributed by atoms with van der Waals surface area (Å²) in [7, 11) is 1.89. The smallest absolute Gasteiger partial charge is 0.261 e. The lowest BCUT2D eigenvalue weighted by Crippen LogP contribution is -2.50. The second kappa shape index (κ2) is 7.55. The number of rotatable bonds is 5. The molecule has 3 rings (SSSR count). The lowest BCUT2D eigenvalue weighted by atomic mass is 10.1. The highest BCUT2D eigenvalue weighted by atomic mass is 19.1. The van der Waals surface area contributed by atoms with Crippen molar-refractivity contribution in [2.24, 2.45) is 7.05 Å². The molecule has 0 radical (unpaired) electrons. The first-order valence-corrected chi connectivity index (χ1v) is 8.47. The molecule has 1 N–H and O–H groups in total. The summed E-state index contributed by atoms with van der Waals surface area (Å²) in [5, 5.41) is 7.23. The minimum Gasteiger partial charge on any atom is -0.481 e. The van der Waals surface area contributed by atoms with Gasteiger partial charge in [-0.1, -0.05) is 6.07 Å². The highest BCUT2D eigenvalue weighted by Crippen LogP contribution is 2.19. The molecule has 1 saturated heterocycles. The number of anilines is 1. The summed E-state index contributed by atoms with van der Waals surface area (Å²) in [5.74, 6) is -0.227. The van der Waals surface area contributed by atoms with Crippen molar-refractivity contribution in [1.29, 1.82) is 0 Å². The number of aryl methyl sites for hydroxylation is 1. The van der Waals surface area contributed by atoms with Gasteiger partial charge in [-0.15, -0.1) is 0 Å². The molecular formula is C18H23FN4O2. The fourth-order valence-corrected chi connectivity index (χ4v) is 3.02. The zero-order valence-corrected chi connectivity index (χ0v) is 14.5. The van der Waals surface area contributed by atoms with E-state index in [1.165, 1.54) is 12.1 Å². The molecule has 1 aromatic heterocycles. The van der Waals surface area contributed by atoms with Gasteiger partial charge in [0.2, 0.25) is 0 Å². The van der Waals surface area contributed by atoms with Crippen molar-refractivity contribution < 1.29 is 13.9 Å². The molecule has 134 valence electrons. The fraction of sp³-hybridized carbons (Fsp3) is 0.444. The topological polar surface area (TPSA) is 59.4 Å². The van der Waals surface area contributed by atoms with E-state index >= 15 is 0 Å². The molecule has 6 nitrogen and oxygen atoms in total. The molecule has 0 saturated carbocycles. The molecule has 1 aliphatic rings. The molecule has 2 atom stereocenters. The summed E-state index contributed by atoms with van der Waals surface area (Å²) in [6.45, 7) is 3.36. The van der Waals surface area contributed by atoms with Crippen LogP contribution in [0.15, 0.2) is 36.7 Å². The Bertz CT molecular complexity index is 733. The molecule has 7 heteroatoms. The van der Waals surface area contributed by atoms with E-state index in [2.05, 4.69) is 15.3 Å². The van der Waals surface area contributed by atoms with Crippen LogP contribution >= 0.6 is 0 Å². The number of halogens is 1. The Kier molecular flexibility index (Phi) is 5.21. The van der Waals surface area contributed by atoms with Gasteiger partial charge < -0.3 is 15.0 Å². The molecule has 0 spiro atoms. The summed E-state index contributed by atoms with van der Waals surface area (Å²) in [4.78, 5) is 14.6. The minimum atomic E-state index is -0.685. The van der Waals surface area contributed by atoms with Crippen molar-refractivity contribution >= 4 is 11.6 Å². The number of nitrogens with zero attached hydrogens (tertiary/aromatic N) is 3. The largest absolute Gasteiger partial charge is 0.481 e. The van der Waals surface area contributed by atoms with Crippen molar-refractivity contribution in [2.45, 2.75) is 31.9 Å². The number of hydrogen-bond acceptors (Lipinski definition) is 4. The number of amides is 1. The van der Waals surface area contributed by atoms with Gasteiger partial charge in [0.1, 0.15) is 11.6 Å². The Morgan fingerprint density at radius 1 is 1.48 bits per heavy atom. The highest BCUT2D eigenvalue weighted by Gasteiger charge is 2.25. The van der Waals surface area contributed by atoms with Gasteiger partial charge >= 0.3 is 0 Å². The zero-order chi connectivity index (χ0) is 17.8. The molecule has 2 unspecified atom stereocenters. The minimum absolute atomic E-state index is 0.0556. The highest BCUT2D eigenvalue weighted by molar-refractivity contribution is 5.81. The quantitative estimate of drug-likeness (QED) is 0.901. The van der Waals surface area contributed by atoms with Gasteiger partial charge in [-0.25, -0.2) is 4.39 Å². The van der Waals surface area contributed by atoms with Gasteiger partial charge in [0, 0.05) is 38.4 Å². The average Bonchev–Trinajstić information content (AvgIpc) is 3.01. The third kappa shape index (κ3) is 4.49. The van der Waals surface area contributed by atoms with E-state index in [-0.39, 0.29) is 17.8 Å². The van der Waals surface area contributed by atoms with E-state index in [9.17, 15) is 9.18 Å². The fourth-order valence-electron chi connectivity index (χ4n) is 3.02. The molecular weight excluding hydrogens is 323 g/mol. The van der Waals surface area contributed by atoms with E-state index in [4.69, 9.17) is 4.74 Å². The van der Waals surface area contributed by atoms with Crippen molar-refractivity contribution in [3.8, 4) is 5.75 Å². The number of aromatic nitrogens is 2. The Morgan fingerprint density at radius 3 is 3.04 bits per heavy atom. The molecule has 1 fully saturated rings. The van der Waals surface area contributed by atoms with Crippen molar-refractivity contribution in [2.75, 3.05) is 18.0 Å². The molecule has 0 bridgehead atoms. The molecule has 0 aliphatic carbocycles. The van der Waals surface area contributed by atoms with Gasteiger partial charge in [-0.2, -0.15) is 5.10 Å². The number of carbonyl (C=O) groups excluding carboxylic acids is 1. The number of carbonyl (C=O) groups is 1. The number of benzene rings is 1. The van der Waals surface area contributed by atoms with E-state index in [1.807, 2.05) is 19.4 Å². The van der Waals surface area contributed by atoms with Gasteiger partial charge in [0.15, 0.2) is 6.10 Å². The van der Waals surface area contributed by atoms with Crippen LogP contribution in [-0.2, 0) is 11.8 Å². The van der Waals surface area contributed by atoms with Crippen LogP contribution in [0.25, 0.3) is 0 Å². The third-order valence-corrected chi connectivity index (χ3v) is 4.30. The maximum absolute atomic E-state index is 13.2. The summed E-state index contributed by atoms with van der Waals surface area (Å²) in [5.41, 5.74) is 1.06. The number of piperidine rings is 1. The standard InChI is InChI=1S/C18H23FN4O2/c1-13(25-17-7-3-5-14(19)9-17)18(24)21-15-6-4-8-23(11-15)16-10-20-22(2)12-16/h3,5,7,9-10,12-13,15H,4,6,8,11H2,1-2H3,(H,21,24). The van der Waals surface area contributed by atoms with Crippen LogP contribution in [0.5, 0.6) is 5.75 Å². The molecule has 1 amide bonds. The number of nitrogens with one attached hydrogen (secondary N) is 1. The van der Waals surface area contributed by atoms with E-state index in [1.54, 1.807) is 23.7 Å². The van der Waals surface area contributed by atoms with E-state index in [0.717, 1.165) is 31.6 Å². The first kappa shape index (κ1) is 17.3. The van der Waals surface area contributed by atoms with Crippen LogP contribution in [-0.4, -0.2) is 40.9 Å². The summed E-state index contributed by atoms with van der Waals surface area (Å²) >= 11 is 0. The van der Waals surface area contributed by atoms with Crippen LogP contribution in [0.3, 0.4) is 0 Å². The van der Waals surface area contributed by atoms with Crippen LogP contribution < -0.4 is 15.0 Å². The van der Waals surface area contributed by atoms with Gasteiger partial charge in [0.25, 0.3) is 5.91 Å². The number of ether oxygens (including phenoxy) is 1. The maximum atomic E-state index is 13.2. The van der Waals surface area contributed by atoms with Gasteiger partial charge in [-0.05, 0) is 31.9 Å². The second-order valence-corrected chi connectivity index (χ2v) is 6.38. The summed E-state index contributed by atoms with van der Waals surface area (Å²) < 4.78 is 20.5. The Balaban J connectivity index is 1.54. The van der Waals surface area contributed by atoms with Crippen LogP contribution in [0, 0.1) is 5.82 Å². The average molecular weight is 346 g/mol. The second-order valence-electron chi connectivity index (χ2n) is 6.38. The van der Waals surface area contributed by atoms with Crippen LogP contribution in [0.1, 0.15) is 19.8 Å². The lowest BCUT2D eigenvalue weighted by molar-refractivity contribution is -0.128. The van der Waals surface area contributed by atoms with Gasteiger partial charge in [0.05, 0.1) is 11.9 Å². The van der Waals surface area contributed by atoms with E-state index < -0.39 is 6.10 Å². The summed E-state index contributed by atoms with van der Waals surface area (Å²) in [6, 6.07) is 5.86. The maximum Gasteiger partial charge on any atom is 0.261 e. The molecule has 2 aromatic rings. The molecule has 1 aromatic carbocycles. The SMILES string of the molecule is CC(Oc1cccc(F)c1)C(=O)NC1CCCN(c2cnn(C)c2)C1. The van der Waals surface area contributed by atoms with Crippen LogP contribution in [0.2, 0.25) is 0 Å². The Labute approximate surface area is 146 Å². The van der Waals surface area contributed by atoms with Crippen molar-refractivity contribution in [3.05, 3.63) is 42.5 Å². The normalized spacial score (nSPS) is 18.7. The monoisotopic (exact) mass is 346 g/mol. The van der Waals surface area contributed by atoms with Gasteiger partial charge in [-0.3, -0.25) is 9.48 Å². The molecule has 2 heterocycles. The summed E-state index contributed by atoms with van der Waals surface area (Å²) in [6.07, 6.45) is 5.05. The molecule has 25 heavy (non-hydrogen) atoms. The van der Waals surface area contributed by atoms with Crippen molar-refractivity contribution in [1.82, 2.24) is 15.1 Å². The predicted molar refractivity (Wildman–Crippen MR) is 93.1 cm³/mol. The molecule has 1 aliphatic heterocycles. The third-order valence-electron chi connectivity index (χ3n) is 4.30. The first-order chi connectivity index (χ1) is 12.0. The van der Waals surface area contributed by atoms with Crippen LogP contribution in [0.4, 0.5) is 10.1 Å². The zero-order valence-electron chi connectivity index (χ0n) is 14.5. The van der Waals surface area contributed by atoms with Crippen molar-refractivity contribution in [3.63, 3.8) is 0 Å². The Hall–Kier alpha value is -2.57.